The van der Waals surface area contributed by atoms with Crippen LogP contribution in [0.1, 0.15) is 16.7 Å². The van der Waals surface area contributed by atoms with Gasteiger partial charge in [-0.3, -0.25) is 0 Å². The van der Waals surface area contributed by atoms with Crippen molar-refractivity contribution in [3.63, 3.8) is 0 Å². The highest BCUT2D eigenvalue weighted by Crippen LogP contribution is 2.42. The van der Waals surface area contributed by atoms with E-state index in [1.807, 2.05) is 0 Å². The first kappa shape index (κ1) is 16.4. The molecule has 0 atom stereocenters. The summed E-state index contributed by atoms with van der Waals surface area (Å²) in [6.07, 6.45) is -15.8. The number of allylic oxidation sites excluding steroid dienone is 1. The Morgan fingerprint density at radius 3 is 1.55 bits per heavy atom. The number of hydrogen-bond acceptors (Lipinski definition) is 0. The van der Waals surface area contributed by atoms with E-state index in [1.54, 1.807) is 0 Å². The van der Waals surface area contributed by atoms with Crippen molar-refractivity contribution in [1.29, 1.82) is 0 Å². The molecular formula is C11H5F9. The molecule has 0 aliphatic heterocycles. The maximum absolute atomic E-state index is 12.5. The second kappa shape index (κ2) is 4.71. The summed E-state index contributed by atoms with van der Waals surface area (Å²) in [5, 5.41) is 0. The van der Waals surface area contributed by atoms with Crippen molar-refractivity contribution in [2.24, 2.45) is 0 Å². The van der Waals surface area contributed by atoms with Crippen LogP contribution in [0.15, 0.2) is 24.8 Å². The van der Waals surface area contributed by atoms with E-state index in [0.717, 1.165) is 0 Å². The molecular weight excluding hydrogens is 303 g/mol. The van der Waals surface area contributed by atoms with Crippen molar-refractivity contribution < 1.29 is 39.5 Å². The Hall–Kier alpha value is -1.67. The average molecular weight is 308 g/mol. The zero-order valence-electron chi connectivity index (χ0n) is 9.34. The van der Waals surface area contributed by atoms with Crippen LogP contribution in [0.3, 0.4) is 0 Å². The average Bonchev–Trinajstić information content (AvgIpc) is 2.23. The van der Waals surface area contributed by atoms with Crippen LogP contribution in [0.5, 0.6) is 0 Å². The highest BCUT2D eigenvalue weighted by Gasteiger charge is 2.44. The minimum absolute atomic E-state index is 0.0466. The molecule has 0 nitrogen and oxygen atoms in total. The van der Waals surface area contributed by atoms with Gasteiger partial charge in [-0.1, -0.05) is 12.6 Å². The second-order valence-electron chi connectivity index (χ2n) is 3.73. The third kappa shape index (κ3) is 3.45. The minimum atomic E-state index is -5.44. The van der Waals surface area contributed by atoms with Gasteiger partial charge >= 0.3 is 18.5 Å². The van der Waals surface area contributed by atoms with Gasteiger partial charge in [-0.25, -0.2) is 0 Å². The summed E-state index contributed by atoms with van der Waals surface area (Å²) in [6.45, 7) is 2.54. The van der Waals surface area contributed by atoms with Gasteiger partial charge in [0.05, 0.1) is 16.7 Å². The number of benzene rings is 1. The van der Waals surface area contributed by atoms with Crippen LogP contribution in [0, 0.1) is 0 Å². The summed E-state index contributed by atoms with van der Waals surface area (Å²) in [6, 6.07) is 0.0433. The molecule has 1 aromatic rings. The van der Waals surface area contributed by atoms with Crippen LogP contribution in [0.25, 0.3) is 5.57 Å². The van der Waals surface area contributed by atoms with E-state index in [9.17, 15) is 39.5 Å². The first-order valence-corrected chi connectivity index (χ1v) is 4.79. The lowest BCUT2D eigenvalue weighted by atomic mass is 9.99. The van der Waals surface area contributed by atoms with Crippen LogP contribution in [0.4, 0.5) is 39.5 Å². The molecule has 9 heteroatoms. The minimum Gasteiger partial charge on any atom is -0.166 e. The maximum atomic E-state index is 12.5. The molecule has 0 heterocycles. The summed E-state index contributed by atoms with van der Waals surface area (Å²) in [4.78, 5) is 0. The maximum Gasteiger partial charge on any atom is 0.417 e. The Balaban J connectivity index is 3.48. The largest absolute Gasteiger partial charge is 0.417 e. The lowest BCUT2D eigenvalue weighted by Crippen LogP contribution is -2.18. The molecule has 0 radical (unpaired) electrons. The van der Waals surface area contributed by atoms with Gasteiger partial charge in [0.1, 0.15) is 0 Å². The smallest absolute Gasteiger partial charge is 0.166 e. The molecule has 0 saturated carbocycles. The third-order valence-corrected chi connectivity index (χ3v) is 2.32. The molecule has 0 aromatic heterocycles. The normalized spacial score (nSPS) is 13.4. The van der Waals surface area contributed by atoms with E-state index in [0.29, 0.717) is 6.07 Å². The zero-order chi connectivity index (χ0) is 15.9. The van der Waals surface area contributed by atoms with E-state index in [4.69, 9.17) is 0 Å². The van der Waals surface area contributed by atoms with Gasteiger partial charge in [0.2, 0.25) is 0 Å². The highest BCUT2D eigenvalue weighted by molar-refractivity contribution is 5.68. The molecule has 0 fully saturated rings. The van der Waals surface area contributed by atoms with Gasteiger partial charge in [-0.05, 0) is 17.7 Å². The predicted octanol–water partition coefficient (Wildman–Crippen LogP) is 5.30. The highest BCUT2D eigenvalue weighted by atomic mass is 19.4. The van der Waals surface area contributed by atoms with E-state index < -0.39 is 40.8 Å². The monoisotopic (exact) mass is 308 g/mol. The van der Waals surface area contributed by atoms with Crippen LogP contribution in [-0.4, -0.2) is 6.18 Å². The topological polar surface area (TPSA) is 0 Å². The molecule has 1 aromatic carbocycles. The van der Waals surface area contributed by atoms with Crippen LogP contribution in [-0.2, 0) is 12.4 Å². The molecule has 0 amide bonds. The fourth-order valence-corrected chi connectivity index (χ4v) is 1.38. The Bertz CT molecular complexity index is 516. The quantitative estimate of drug-likeness (QED) is 0.618. The summed E-state index contributed by atoms with van der Waals surface area (Å²) in [5.41, 5.74) is -6.97. The lowest BCUT2D eigenvalue weighted by molar-refractivity contribution is -0.162. The number of halogens is 9. The fraction of sp³-hybridized carbons (Fsp3) is 0.273. The van der Waals surface area contributed by atoms with E-state index in [2.05, 4.69) is 6.58 Å². The molecule has 0 unspecified atom stereocenters. The first-order chi connectivity index (χ1) is 8.74. The number of alkyl halides is 9. The van der Waals surface area contributed by atoms with Crippen molar-refractivity contribution in [2.75, 3.05) is 0 Å². The summed E-state index contributed by atoms with van der Waals surface area (Å²) >= 11 is 0. The van der Waals surface area contributed by atoms with Gasteiger partial charge in [0.15, 0.2) is 0 Å². The second-order valence-corrected chi connectivity index (χ2v) is 3.73. The van der Waals surface area contributed by atoms with Gasteiger partial charge in [-0.15, -0.1) is 0 Å². The van der Waals surface area contributed by atoms with Crippen molar-refractivity contribution in [3.05, 3.63) is 41.5 Å². The standard InChI is InChI=1S/C11H5F9/c1-5(9(12,13)14)6-2-3-7(10(15,16)17)8(4-6)11(18,19)20/h2-4H,1H2. The molecule has 0 spiro atoms. The number of rotatable bonds is 1. The summed E-state index contributed by atoms with van der Waals surface area (Å²) in [5.74, 6) is 0. The van der Waals surface area contributed by atoms with E-state index >= 15 is 0 Å². The molecule has 1 rings (SSSR count). The Labute approximate surface area is 106 Å². The Kier molecular flexibility index (Phi) is 3.86. The summed E-state index contributed by atoms with van der Waals surface area (Å²) < 4.78 is 112. The molecule has 0 aliphatic rings. The number of hydrogen-bond donors (Lipinski definition) is 0. The van der Waals surface area contributed by atoms with E-state index in [1.165, 1.54) is 0 Å². The fourth-order valence-electron chi connectivity index (χ4n) is 1.38. The predicted molar refractivity (Wildman–Crippen MR) is 51.5 cm³/mol. The summed E-state index contributed by atoms with van der Waals surface area (Å²) in [7, 11) is 0. The van der Waals surface area contributed by atoms with Crippen LogP contribution < -0.4 is 0 Å². The van der Waals surface area contributed by atoms with Gasteiger partial charge in [0, 0.05) is 0 Å². The van der Waals surface area contributed by atoms with Crippen LogP contribution >= 0.6 is 0 Å². The molecule has 0 N–H and O–H groups in total. The van der Waals surface area contributed by atoms with Crippen LogP contribution in [0.2, 0.25) is 0 Å². The molecule has 0 bridgehead atoms. The van der Waals surface area contributed by atoms with Crippen molar-refractivity contribution >= 4 is 5.57 Å². The SMILES string of the molecule is C=C(c1ccc(C(F)(F)F)c(C(F)(F)F)c1)C(F)(F)F. The zero-order valence-corrected chi connectivity index (χ0v) is 9.34. The Morgan fingerprint density at radius 1 is 0.750 bits per heavy atom. The van der Waals surface area contributed by atoms with Crippen molar-refractivity contribution in [2.45, 2.75) is 18.5 Å². The molecule has 0 saturated heterocycles. The molecule has 20 heavy (non-hydrogen) atoms. The van der Waals surface area contributed by atoms with Gasteiger partial charge < -0.3 is 0 Å². The van der Waals surface area contributed by atoms with E-state index in [-0.39, 0.29) is 12.1 Å². The Morgan fingerprint density at radius 2 is 1.20 bits per heavy atom. The van der Waals surface area contributed by atoms with Gasteiger partial charge in [-0.2, -0.15) is 39.5 Å². The molecule has 112 valence electrons. The first-order valence-electron chi connectivity index (χ1n) is 4.79. The van der Waals surface area contributed by atoms with Crippen molar-refractivity contribution in [3.8, 4) is 0 Å². The van der Waals surface area contributed by atoms with Gasteiger partial charge in [0.25, 0.3) is 0 Å². The molecule has 0 aliphatic carbocycles. The lowest BCUT2D eigenvalue weighted by Gasteiger charge is -2.18. The van der Waals surface area contributed by atoms with Crippen molar-refractivity contribution in [1.82, 2.24) is 0 Å². The third-order valence-electron chi connectivity index (χ3n) is 2.32.